The van der Waals surface area contributed by atoms with Gasteiger partial charge in [-0.3, -0.25) is 5.10 Å². The van der Waals surface area contributed by atoms with Crippen molar-refractivity contribution in [3.8, 4) is 5.75 Å². The maximum absolute atomic E-state index is 13.6. The van der Waals surface area contributed by atoms with Crippen molar-refractivity contribution in [2.45, 2.75) is 49.7 Å². The molecule has 0 radical (unpaired) electrons. The highest BCUT2D eigenvalue weighted by molar-refractivity contribution is 7.89. The van der Waals surface area contributed by atoms with Crippen LogP contribution in [-0.4, -0.2) is 47.9 Å². The van der Waals surface area contributed by atoms with Gasteiger partial charge in [-0.15, -0.1) is 0 Å². The molecular formula is C20H26FN3O3S. The van der Waals surface area contributed by atoms with Gasteiger partial charge in [-0.25, -0.2) is 17.1 Å². The number of halogens is 1. The van der Waals surface area contributed by atoms with Crippen molar-refractivity contribution in [3.63, 3.8) is 0 Å². The third kappa shape index (κ3) is 4.07. The molecule has 1 aromatic heterocycles. The van der Waals surface area contributed by atoms with Gasteiger partial charge in [-0.1, -0.05) is 25.0 Å². The summed E-state index contributed by atoms with van der Waals surface area (Å²) < 4.78 is 46.3. The molecule has 4 rings (SSSR count). The molecule has 1 saturated carbocycles. The van der Waals surface area contributed by atoms with E-state index in [2.05, 4.69) is 10.2 Å². The van der Waals surface area contributed by atoms with Crippen molar-refractivity contribution < 1.29 is 17.5 Å². The second-order valence-electron chi connectivity index (χ2n) is 7.64. The summed E-state index contributed by atoms with van der Waals surface area (Å²) in [5.74, 6) is -0.0122. The first-order valence-corrected chi connectivity index (χ1v) is 11.4. The molecule has 2 fully saturated rings. The Labute approximate surface area is 165 Å². The molecule has 1 aliphatic heterocycles. The zero-order valence-corrected chi connectivity index (χ0v) is 16.6. The SMILES string of the molecule is O=S(=O)(C1CCCC1)N1CC[C@H](c2cc(CCOc3ccccc3F)[nH]n2)C1. The van der Waals surface area contributed by atoms with Crippen LogP contribution in [-0.2, 0) is 16.4 Å². The number of nitrogens with one attached hydrogen (secondary N) is 1. The first kappa shape index (κ1) is 19.4. The fourth-order valence-corrected chi connectivity index (χ4v) is 6.25. The molecule has 0 spiro atoms. The summed E-state index contributed by atoms with van der Waals surface area (Å²) >= 11 is 0. The van der Waals surface area contributed by atoms with Gasteiger partial charge in [0.15, 0.2) is 11.6 Å². The Kier molecular flexibility index (Phi) is 5.68. The maximum Gasteiger partial charge on any atom is 0.217 e. The topological polar surface area (TPSA) is 75.3 Å². The second kappa shape index (κ2) is 8.21. The third-order valence-electron chi connectivity index (χ3n) is 5.77. The fraction of sp³-hybridized carbons (Fsp3) is 0.550. The molecule has 0 bridgehead atoms. The Hall–Kier alpha value is -1.93. The molecule has 152 valence electrons. The summed E-state index contributed by atoms with van der Waals surface area (Å²) in [4.78, 5) is 0. The predicted molar refractivity (Wildman–Crippen MR) is 104 cm³/mol. The van der Waals surface area contributed by atoms with Gasteiger partial charge in [0.1, 0.15) is 0 Å². The van der Waals surface area contributed by atoms with Crippen molar-refractivity contribution in [2.75, 3.05) is 19.7 Å². The van der Waals surface area contributed by atoms with Gasteiger partial charge in [0.25, 0.3) is 0 Å². The minimum atomic E-state index is -3.18. The molecule has 8 heteroatoms. The first-order valence-electron chi connectivity index (χ1n) is 9.94. The number of rotatable bonds is 7. The monoisotopic (exact) mass is 407 g/mol. The van der Waals surface area contributed by atoms with Crippen LogP contribution in [0.5, 0.6) is 5.75 Å². The number of hydrogen-bond acceptors (Lipinski definition) is 4. The van der Waals surface area contributed by atoms with E-state index < -0.39 is 10.0 Å². The molecule has 2 aliphatic rings. The van der Waals surface area contributed by atoms with Crippen molar-refractivity contribution in [1.82, 2.24) is 14.5 Å². The van der Waals surface area contributed by atoms with Crippen molar-refractivity contribution in [1.29, 1.82) is 0 Å². The number of benzene rings is 1. The molecule has 0 unspecified atom stereocenters. The van der Waals surface area contributed by atoms with E-state index in [1.165, 1.54) is 6.07 Å². The van der Waals surface area contributed by atoms with Crippen molar-refractivity contribution in [2.24, 2.45) is 0 Å². The molecule has 0 amide bonds. The first-order chi connectivity index (χ1) is 13.5. The maximum atomic E-state index is 13.6. The van der Waals surface area contributed by atoms with Crippen LogP contribution < -0.4 is 4.74 Å². The second-order valence-corrected chi connectivity index (χ2v) is 9.85. The lowest BCUT2D eigenvalue weighted by Gasteiger charge is -2.20. The zero-order chi connectivity index (χ0) is 19.6. The van der Waals surface area contributed by atoms with E-state index in [1.807, 2.05) is 6.07 Å². The largest absolute Gasteiger partial charge is 0.490 e. The summed E-state index contributed by atoms with van der Waals surface area (Å²) in [6, 6.07) is 8.31. The molecule has 1 aliphatic carbocycles. The Morgan fingerprint density at radius 3 is 2.79 bits per heavy atom. The van der Waals surface area contributed by atoms with E-state index in [-0.39, 0.29) is 22.7 Å². The summed E-state index contributed by atoms with van der Waals surface area (Å²) in [5, 5.41) is 7.18. The number of hydrogen-bond donors (Lipinski definition) is 1. The number of sulfonamides is 1. The van der Waals surface area contributed by atoms with Gasteiger partial charge in [0.2, 0.25) is 10.0 Å². The van der Waals surface area contributed by atoms with Gasteiger partial charge < -0.3 is 4.74 Å². The quantitative estimate of drug-likeness (QED) is 0.765. The highest BCUT2D eigenvalue weighted by Gasteiger charge is 2.39. The molecular weight excluding hydrogens is 381 g/mol. The number of para-hydroxylation sites is 1. The summed E-state index contributed by atoms with van der Waals surface area (Å²) in [5.41, 5.74) is 1.80. The van der Waals surface area contributed by atoms with Gasteiger partial charge in [0, 0.05) is 31.1 Å². The summed E-state index contributed by atoms with van der Waals surface area (Å²) in [7, 11) is -3.18. The molecule has 1 saturated heterocycles. The van der Waals surface area contributed by atoms with E-state index in [1.54, 1.807) is 22.5 Å². The van der Waals surface area contributed by atoms with Crippen LogP contribution >= 0.6 is 0 Å². The van der Waals surface area contributed by atoms with Crippen LogP contribution in [0.2, 0.25) is 0 Å². The molecule has 28 heavy (non-hydrogen) atoms. The van der Waals surface area contributed by atoms with Gasteiger partial charge in [-0.2, -0.15) is 5.10 Å². The third-order valence-corrected chi connectivity index (χ3v) is 8.13. The van der Waals surface area contributed by atoms with Crippen LogP contribution in [0.3, 0.4) is 0 Å². The highest BCUT2D eigenvalue weighted by atomic mass is 32.2. The molecule has 1 N–H and O–H groups in total. The minimum Gasteiger partial charge on any atom is -0.490 e. The Bertz CT molecular complexity index is 909. The smallest absolute Gasteiger partial charge is 0.217 e. The average molecular weight is 408 g/mol. The van der Waals surface area contributed by atoms with Crippen molar-refractivity contribution in [3.05, 3.63) is 47.5 Å². The molecule has 2 heterocycles. The van der Waals surface area contributed by atoms with Gasteiger partial charge >= 0.3 is 0 Å². The minimum absolute atomic E-state index is 0.119. The number of aromatic nitrogens is 2. The van der Waals surface area contributed by atoms with Crippen LogP contribution in [0, 0.1) is 5.82 Å². The summed E-state index contributed by atoms with van der Waals surface area (Å²) in [6.45, 7) is 1.42. The highest BCUT2D eigenvalue weighted by Crippen LogP contribution is 2.33. The Balaban J connectivity index is 1.31. The van der Waals surface area contributed by atoms with Crippen LogP contribution in [0.15, 0.2) is 30.3 Å². The number of H-pyrrole nitrogens is 1. The lowest BCUT2D eigenvalue weighted by atomic mass is 10.0. The molecule has 2 aromatic rings. The van der Waals surface area contributed by atoms with Crippen LogP contribution in [0.25, 0.3) is 0 Å². The number of nitrogens with zero attached hydrogens (tertiary/aromatic N) is 2. The fourth-order valence-electron chi connectivity index (χ4n) is 4.15. The van der Waals surface area contributed by atoms with E-state index in [0.717, 1.165) is 43.5 Å². The van der Waals surface area contributed by atoms with E-state index >= 15 is 0 Å². The average Bonchev–Trinajstić information content (AvgIpc) is 3.44. The van der Waals surface area contributed by atoms with E-state index in [4.69, 9.17) is 4.74 Å². The number of aromatic amines is 1. The standard InChI is InChI=1S/C20H26FN3O3S/c21-18-7-3-4-8-20(18)27-12-10-16-13-19(23-22-16)15-9-11-24(14-15)28(25,26)17-5-1-2-6-17/h3-4,7-8,13,15,17H,1-2,5-6,9-12,14H2,(H,22,23)/t15-/m0/s1. The van der Waals surface area contributed by atoms with E-state index in [0.29, 0.717) is 26.1 Å². The van der Waals surface area contributed by atoms with Crippen LogP contribution in [0.4, 0.5) is 4.39 Å². The molecule has 6 nitrogen and oxygen atoms in total. The Morgan fingerprint density at radius 2 is 2.00 bits per heavy atom. The summed E-state index contributed by atoms with van der Waals surface area (Å²) in [6.07, 6.45) is 4.98. The van der Waals surface area contributed by atoms with Crippen LogP contribution in [0.1, 0.15) is 49.4 Å². The lowest BCUT2D eigenvalue weighted by molar-refractivity contribution is 0.304. The van der Waals surface area contributed by atoms with Gasteiger partial charge in [-0.05, 0) is 37.5 Å². The Morgan fingerprint density at radius 1 is 1.21 bits per heavy atom. The predicted octanol–water partition coefficient (Wildman–Crippen LogP) is 3.23. The number of ether oxygens (including phenoxy) is 1. The van der Waals surface area contributed by atoms with E-state index in [9.17, 15) is 12.8 Å². The van der Waals surface area contributed by atoms with Crippen molar-refractivity contribution >= 4 is 10.0 Å². The molecule has 1 atom stereocenters. The van der Waals surface area contributed by atoms with Gasteiger partial charge in [0.05, 0.1) is 17.6 Å². The zero-order valence-electron chi connectivity index (χ0n) is 15.8. The normalized spacial score (nSPS) is 21.4. The molecule has 1 aromatic carbocycles. The lowest BCUT2D eigenvalue weighted by Crippen LogP contribution is -2.35.